The van der Waals surface area contributed by atoms with Gasteiger partial charge in [0.2, 0.25) is 0 Å². The molecule has 27 heteroatoms. The molecule has 4 aliphatic heterocycles. The number of aliphatic hydroxyl groups is 12. The summed E-state index contributed by atoms with van der Waals surface area (Å²) in [4.78, 5) is 0. The molecular formula is C44H88N3O24+3. The fraction of sp³-hybridized carbons (Fsp3) is 1.00. The lowest BCUT2D eigenvalue weighted by Gasteiger charge is -2.48. The molecule has 0 amide bonds. The molecule has 420 valence electrons. The van der Waals surface area contributed by atoms with Gasteiger partial charge in [-0.15, -0.1) is 0 Å². The lowest BCUT2D eigenvalue weighted by Crippen LogP contribution is -2.67. The summed E-state index contributed by atoms with van der Waals surface area (Å²) in [7, 11) is 19.4. The van der Waals surface area contributed by atoms with Gasteiger partial charge in [0.15, 0.2) is 25.2 Å². The Morgan fingerprint density at radius 1 is 0.366 bits per heavy atom. The third-order valence-electron chi connectivity index (χ3n) is 12.2. The van der Waals surface area contributed by atoms with E-state index in [4.69, 9.17) is 56.8 Å². The van der Waals surface area contributed by atoms with Crippen LogP contribution in [0.15, 0.2) is 0 Å². The zero-order valence-corrected chi connectivity index (χ0v) is 43.0. The highest BCUT2D eigenvalue weighted by molar-refractivity contribution is 4.97. The largest absolute Gasteiger partial charge is 0.387 e. The van der Waals surface area contributed by atoms with Gasteiger partial charge in [-0.3, -0.25) is 0 Å². The van der Waals surface area contributed by atoms with Crippen molar-refractivity contribution < 1.29 is 132 Å². The molecular weight excluding hydrogens is 954 g/mol. The van der Waals surface area contributed by atoms with Gasteiger partial charge in [0.1, 0.15) is 136 Å². The number of nitrogens with zero attached hydrogens (tertiary/aromatic N) is 3. The summed E-state index contributed by atoms with van der Waals surface area (Å²) in [5.41, 5.74) is 0. The van der Waals surface area contributed by atoms with E-state index in [1.807, 2.05) is 63.4 Å². The molecule has 71 heavy (non-hydrogen) atoms. The Labute approximate surface area is 415 Å². The first-order chi connectivity index (χ1) is 32.9. The molecule has 0 aliphatic carbocycles. The summed E-state index contributed by atoms with van der Waals surface area (Å²) in [6.07, 6.45) is -35.2. The Kier molecular flexibility index (Phi) is 24.0. The second-order valence-electron chi connectivity index (χ2n) is 22.1. The minimum atomic E-state index is -2.02. The zero-order chi connectivity index (χ0) is 53.3. The molecule has 0 saturated carbocycles. The van der Waals surface area contributed by atoms with E-state index in [1.165, 1.54) is 14.2 Å². The number of likely N-dealkylation sites (N-methyl/N-ethyl adjacent to an activating group) is 3. The van der Waals surface area contributed by atoms with Gasteiger partial charge >= 0.3 is 0 Å². The van der Waals surface area contributed by atoms with Crippen molar-refractivity contribution in [3.8, 4) is 0 Å². The molecule has 12 N–H and O–H groups in total. The van der Waals surface area contributed by atoms with E-state index in [0.29, 0.717) is 26.5 Å². The van der Waals surface area contributed by atoms with Gasteiger partial charge in [0, 0.05) is 14.2 Å². The topological polar surface area (TPSA) is 354 Å². The first-order valence-corrected chi connectivity index (χ1v) is 23.9. The summed E-state index contributed by atoms with van der Waals surface area (Å²) in [6, 6.07) is 0. The van der Waals surface area contributed by atoms with Crippen molar-refractivity contribution in [2.45, 2.75) is 141 Å². The van der Waals surface area contributed by atoms with Crippen LogP contribution in [0.2, 0.25) is 0 Å². The molecule has 4 rings (SSSR count). The third kappa shape index (κ3) is 18.6. The number of hydrogen-bond donors (Lipinski definition) is 12. The van der Waals surface area contributed by atoms with Crippen LogP contribution >= 0.6 is 0 Å². The van der Waals surface area contributed by atoms with Gasteiger partial charge in [0.25, 0.3) is 0 Å². The molecule has 4 fully saturated rings. The van der Waals surface area contributed by atoms with Crippen molar-refractivity contribution in [1.82, 2.24) is 0 Å². The SMILES string of the molecule is CO[C@H]1O[C@@H](CO[C@H]2O[C@@H](COCC(O)C[N+](C)(C)C)[C@H](O)C(O)C2O)[C@@H](O[C@@H]2OC(COCC(O)C[N+](C)(C)C)[C@@H](O[C@H]3O[C@@H](COCC(O)C[N+](C)(C)C)[C@@H](OC)C(O)C3O)[C@H](O)C2O)C(O)C1O. The van der Waals surface area contributed by atoms with Gasteiger partial charge < -0.3 is 132 Å². The number of methoxy groups -OCH3 is 2. The molecule has 0 aromatic rings. The van der Waals surface area contributed by atoms with Gasteiger partial charge in [-0.2, -0.15) is 0 Å². The maximum absolute atomic E-state index is 11.8. The van der Waals surface area contributed by atoms with Crippen molar-refractivity contribution in [3.63, 3.8) is 0 Å². The number of quaternary nitrogens is 3. The molecule has 4 aliphatic rings. The van der Waals surface area contributed by atoms with Crippen LogP contribution in [0.4, 0.5) is 0 Å². The van der Waals surface area contributed by atoms with E-state index in [1.54, 1.807) is 0 Å². The van der Waals surface area contributed by atoms with E-state index in [2.05, 4.69) is 0 Å². The zero-order valence-electron chi connectivity index (χ0n) is 43.0. The quantitative estimate of drug-likeness (QED) is 0.0340. The Bertz CT molecular complexity index is 1530. The summed E-state index contributed by atoms with van der Waals surface area (Å²) in [6.45, 7) is -1.07. The van der Waals surface area contributed by atoms with Gasteiger partial charge in [-0.1, -0.05) is 0 Å². The van der Waals surface area contributed by atoms with Crippen LogP contribution in [0.5, 0.6) is 0 Å². The molecule has 11 unspecified atom stereocenters. The first kappa shape index (κ1) is 62.5. The number of rotatable bonds is 27. The number of hydrogen-bond acceptors (Lipinski definition) is 24. The van der Waals surface area contributed by atoms with Crippen LogP contribution in [-0.4, -0.2) is 359 Å². The van der Waals surface area contributed by atoms with Crippen molar-refractivity contribution in [3.05, 3.63) is 0 Å². The standard InChI is InChI=1S/C44H88N3O24/c1-45(2,3)12-22(48)15-62-18-25-29(51)30(52)34(56)42(66-25)65-21-28-40(32(54)35(57)41(61-11)67-28)71-44-37(59)33(55)39(27(69-44)20-64-17-24(50)14-47(7,8)9)70-43-36(58)31(53)38(60-10)26(68-43)19-63-16-23(49)13-46(4,5)6/h22-44,48-59H,12-21H2,1-11H3/q+3/t22?,23?,24?,25-,26-,27?,28-,29-,30?,31?,32?,33+,34?,35?,36?,37?,38+,39+,40+,41-,42-,43+,44-/m0/s1. The van der Waals surface area contributed by atoms with E-state index < -0.39 is 154 Å². The molecule has 0 aromatic carbocycles. The summed E-state index contributed by atoms with van der Waals surface area (Å²) >= 11 is 0. The van der Waals surface area contributed by atoms with E-state index >= 15 is 0 Å². The van der Waals surface area contributed by atoms with E-state index in [-0.39, 0.29) is 39.6 Å². The average Bonchev–Trinajstić information content (AvgIpc) is 3.25. The summed E-state index contributed by atoms with van der Waals surface area (Å²) < 4.78 is 71.0. The average molecular weight is 1040 g/mol. The van der Waals surface area contributed by atoms with Crippen LogP contribution in [0.1, 0.15) is 0 Å². The molecule has 0 radical (unpaired) electrons. The van der Waals surface area contributed by atoms with Crippen molar-refractivity contribution in [2.24, 2.45) is 0 Å². The molecule has 23 atom stereocenters. The van der Waals surface area contributed by atoms with E-state index in [0.717, 1.165) is 0 Å². The predicted octanol–water partition coefficient (Wildman–Crippen LogP) is -8.17. The highest BCUT2D eigenvalue weighted by Crippen LogP contribution is 2.34. The van der Waals surface area contributed by atoms with Gasteiger partial charge in [0.05, 0.1) is 110 Å². The number of aliphatic hydroxyl groups excluding tert-OH is 12. The Hall–Kier alpha value is -1.08. The fourth-order valence-corrected chi connectivity index (χ4v) is 8.87. The molecule has 0 aromatic heterocycles. The van der Waals surface area contributed by atoms with Crippen LogP contribution in [-0.2, 0) is 56.8 Å². The predicted molar refractivity (Wildman–Crippen MR) is 241 cm³/mol. The minimum Gasteiger partial charge on any atom is -0.387 e. The van der Waals surface area contributed by atoms with E-state index in [9.17, 15) is 61.3 Å². The molecule has 4 saturated heterocycles. The second kappa shape index (κ2) is 27.3. The summed E-state index contributed by atoms with van der Waals surface area (Å²) in [5.74, 6) is 0. The monoisotopic (exact) mass is 1040 g/mol. The molecule has 27 nitrogen and oxygen atoms in total. The molecule has 4 heterocycles. The lowest BCUT2D eigenvalue weighted by atomic mass is 9.96. The normalized spacial score (nSPS) is 40.1. The highest BCUT2D eigenvalue weighted by atomic mass is 16.8. The number of ether oxygens (including phenoxy) is 12. The fourth-order valence-electron chi connectivity index (χ4n) is 8.87. The maximum atomic E-state index is 11.8. The maximum Gasteiger partial charge on any atom is 0.187 e. The minimum absolute atomic E-state index is 0.0986. The van der Waals surface area contributed by atoms with Crippen LogP contribution < -0.4 is 0 Å². The lowest BCUT2D eigenvalue weighted by molar-refractivity contribution is -0.873. The van der Waals surface area contributed by atoms with Crippen LogP contribution in [0, 0.1) is 0 Å². The van der Waals surface area contributed by atoms with Crippen LogP contribution in [0.3, 0.4) is 0 Å². The second-order valence-corrected chi connectivity index (χ2v) is 22.1. The first-order valence-electron chi connectivity index (χ1n) is 23.9. The Morgan fingerprint density at radius 3 is 1.08 bits per heavy atom. The van der Waals surface area contributed by atoms with Crippen molar-refractivity contribution >= 4 is 0 Å². The molecule has 0 spiro atoms. The van der Waals surface area contributed by atoms with Gasteiger partial charge in [-0.05, 0) is 0 Å². The van der Waals surface area contributed by atoms with Crippen LogP contribution in [0.25, 0.3) is 0 Å². The third-order valence-corrected chi connectivity index (χ3v) is 12.2. The Balaban J connectivity index is 1.53. The van der Waals surface area contributed by atoms with Crippen molar-refractivity contribution in [2.75, 3.05) is 144 Å². The highest BCUT2D eigenvalue weighted by Gasteiger charge is 2.55. The Morgan fingerprint density at radius 2 is 0.690 bits per heavy atom. The van der Waals surface area contributed by atoms with Crippen molar-refractivity contribution in [1.29, 1.82) is 0 Å². The molecule has 0 bridgehead atoms. The van der Waals surface area contributed by atoms with Gasteiger partial charge in [-0.25, -0.2) is 0 Å². The summed E-state index contributed by atoms with van der Waals surface area (Å²) in [5, 5.41) is 132. The smallest absolute Gasteiger partial charge is 0.187 e.